The van der Waals surface area contributed by atoms with Crippen LogP contribution in [0.25, 0.3) is 0 Å². The maximum atomic E-state index is 12.8. The molecule has 0 unspecified atom stereocenters. The first-order chi connectivity index (χ1) is 18.0. The lowest BCUT2D eigenvalue weighted by Gasteiger charge is -2.08. The summed E-state index contributed by atoms with van der Waals surface area (Å²) in [6, 6.07) is 5.76. The number of thiophene rings is 2. The molecule has 15 nitrogen and oxygen atoms in total. The van der Waals surface area contributed by atoms with E-state index in [9.17, 15) is 39.4 Å². The van der Waals surface area contributed by atoms with Gasteiger partial charge in [-0.25, -0.2) is 14.6 Å². The van der Waals surface area contributed by atoms with Crippen molar-refractivity contribution in [2.24, 2.45) is 0 Å². The van der Waals surface area contributed by atoms with Gasteiger partial charge in [0.2, 0.25) is 0 Å². The molecule has 38 heavy (non-hydrogen) atoms. The molecule has 0 aliphatic rings. The van der Waals surface area contributed by atoms with Crippen LogP contribution in [0.1, 0.15) is 55.5 Å². The molecule has 0 bridgehead atoms. The van der Waals surface area contributed by atoms with E-state index in [1.54, 1.807) is 13.8 Å². The minimum atomic E-state index is -0.888. The van der Waals surface area contributed by atoms with Crippen molar-refractivity contribution in [3.8, 4) is 0 Å². The number of pyridine rings is 1. The number of carbonyl (C=O) groups is 4. The van der Waals surface area contributed by atoms with Crippen LogP contribution in [0.2, 0.25) is 0 Å². The molecule has 3 heterocycles. The minimum absolute atomic E-state index is 0.000144. The Bertz CT molecular complexity index is 1340. The topological polar surface area (TPSA) is 210 Å². The highest BCUT2D eigenvalue weighted by atomic mass is 32.1. The number of rotatable bonds is 10. The van der Waals surface area contributed by atoms with Crippen LogP contribution in [0.5, 0.6) is 0 Å². The minimum Gasteiger partial charge on any atom is -0.462 e. The summed E-state index contributed by atoms with van der Waals surface area (Å²) in [5.41, 5.74) is -1.02. The van der Waals surface area contributed by atoms with Crippen LogP contribution < -0.4 is 10.6 Å². The standard InChI is InChI=1S/C21H17N5O10S2/c1-3-35-20(29)10-8-14(25(31)32)37-18(10)23-16(27)12-6-5-7-13(22-12)17(28)24-19-11(21(30)36-4-2)9-15(38-19)26(33)34/h5-9H,3-4H2,1-2H3,(H,23,27)(H,24,28). The Morgan fingerprint density at radius 1 is 0.816 bits per heavy atom. The molecule has 2 amide bonds. The number of ether oxygens (including phenoxy) is 2. The summed E-state index contributed by atoms with van der Waals surface area (Å²) >= 11 is 1.07. The van der Waals surface area contributed by atoms with Crippen LogP contribution in [0.15, 0.2) is 30.3 Å². The molecule has 0 saturated heterocycles. The van der Waals surface area contributed by atoms with Crippen LogP contribution in [0.4, 0.5) is 20.0 Å². The molecule has 3 aromatic rings. The zero-order valence-electron chi connectivity index (χ0n) is 19.5. The first-order valence-electron chi connectivity index (χ1n) is 10.6. The van der Waals surface area contributed by atoms with Crippen LogP contribution in [-0.4, -0.2) is 51.8 Å². The van der Waals surface area contributed by atoms with Gasteiger partial charge in [-0.1, -0.05) is 6.07 Å². The third-order valence-electron chi connectivity index (χ3n) is 4.46. The fourth-order valence-electron chi connectivity index (χ4n) is 2.86. The van der Waals surface area contributed by atoms with Gasteiger partial charge in [-0.3, -0.25) is 29.8 Å². The lowest BCUT2D eigenvalue weighted by molar-refractivity contribution is -0.380. The number of nitrogens with zero attached hydrogens (tertiary/aromatic N) is 3. The van der Waals surface area contributed by atoms with Gasteiger partial charge in [0.25, 0.3) is 11.8 Å². The molecule has 3 rings (SSSR count). The van der Waals surface area contributed by atoms with Gasteiger partial charge in [0, 0.05) is 12.1 Å². The van der Waals surface area contributed by atoms with Gasteiger partial charge in [0.15, 0.2) is 0 Å². The number of carbonyl (C=O) groups excluding carboxylic acids is 4. The molecule has 0 aromatic carbocycles. The number of hydrogen-bond donors (Lipinski definition) is 2. The van der Waals surface area contributed by atoms with Crippen molar-refractivity contribution < 1.29 is 38.5 Å². The lowest BCUT2D eigenvalue weighted by Crippen LogP contribution is -2.19. The quantitative estimate of drug-likeness (QED) is 0.205. The van der Waals surface area contributed by atoms with Crippen molar-refractivity contribution in [2.45, 2.75) is 13.8 Å². The van der Waals surface area contributed by atoms with E-state index in [-0.39, 0.29) is 45.7 Å². The Morgan fingerprint density at radius 2 is 1.21 bits per heavy atom. The van der Waals surface area contributed by atoms with Gasteiger partial charge in [-0.05, 0) is 48.7 Å². The van der Waals surface area contributed by atoms with E-state index in [1.165, 1.54) is 18.2 Å². The summed E-state index contributed by atoms with van der Waals surface area (Å²) in [6.45, 7) is 3.09. The average Bonchev–Trinajstić information content (AvgIpc) is 3.49. The van der Waals surface area contributed by atoms with E-state index in [2.05, 4.69) is 15.6 Å². The summed E-state index contributed by atoms with van der Waals surface area (Å²) < 4.78 is 9.73. The number of anilines is 2. The Labute approximate surface area is 220 Å². The summed E-state index contributed by atoms with van der Waals surface area (Å²) in [7, 11) is 0. The molecule has 0 atom stereocenters. The van der Waals surface area contributed by atoms with E-state index >= 15 is 0 Å². The maximum Gasteiger partial charge on any atom is 0.341 e. The second-order valence-corrected chi connectivity index (χ2v) is 8.99. The number of esters is 2. The third-order valence-corrected chi connectivity index (χ3v) is 6.46. The number of hydrogen-bond acceptors (Lipinski definition) is 13. The van der Waals surface area contributed by atoms with Crippen molar-refractivity contribution in [3.05, 3.63) is 73.1 Å². The fourth-order valence-corrected chi connectivity index (χ4v) is 4.58. The van der Waals surface area contributed by atoms with Crippen molar-refractivity contribution in [2.75, 3.05) is 23.8 Å². The molecular formula is C21H17N5O10S2. The molecule has 198 valence electrons. The molecule has 0 aliphatic carbocycles. The Hall–Kier alpha value is -4.77. The SMILES string of the molecule is CCOC(=O)c1cc([N+](=O)[O-])sc1NC(=O)c1cccc(C(=O)Nc2sc([N+](=O)[O-])cc2C(=O)OCC)n1. The monoisotopic (exact) mass is 563 g/mol. The first kappa shape index (κ1) is 27.8. The van der Waals surface area contributed by atoms with Crippen LogP contribution >= 0.6 is 22.7 Å². The van der Waals surface area contributed by atoms with Crippen molar-refractivity contribution in [3.63, 3.8) is 0 Å². The van der Waals surface area contributed by atoms with Gasteiger partial charge in [-0.15, -0.1) is 0 Å². The van der Waals surface area contributed by atoms with Gasteiger partial charge < -0.3 is 20.1 Å². The van der Waals surface area contributed by atoms with Crippen molar-refractivity contribution in [1.82, 2.24) is 4.98 Å². The highest BCUT2D eigenvalue weighted by Gasteiger charge is 2.26. The van der Waals surface area contributed by atoms with Gasteiger partial charge in [-0.2, -0.15) is 0 Å². The van der Waals surface area contributed by atoms with E-state index in [4.69, 9.17) is 9.47 Å². The highest BCUT2D eigenvalue weighted by Crippen LogP contribution is 2.35. The smallest absolute Gasteiger partial charge is 0.341 e. The zero-order valence-corrected chi connectivity index (χ0v) is 21.2. The number of nitro groups is 2. The normalized spacial score (nSPS) is 10.4. The van der Waals surface area contributed by atoms with Gasteiger partial charge in [0.05, 0.1) is 23.1 Å². The summed E-state index contributed by atoms with van der Waals surface area (Å²) in [6.07, 6.45) is 0. The number of aromatic nitrogens is 1. The second kappa shape index (κ2) is 12.0. The van der Waals surface area contributed by atoms with Crippen LogP contribution in [-0.2, 0) is 9.47 Å². The molecule has 17 heteroatoms. The molecule has 0 spiro atoms. The highest BCUT2D eigenvalue weighted by molar-refractivity contribution is 7.20. The van der Waals surface area contributed by atoms with Gasteiger partial charge >= 0.3 is 21.9 Å². The summed E-state index contributed by atoms with van der Waals surface area (Å²) in [4.78, 5) is 74.7. The summed E-state index contributed by atoms with van der Waals surface area (Å²) in [5, 5.41) is 25.9. The Balaban J connectivity index is 1.85. The molecule has 0 fully saturated rings. The average molecular weight is 564 g/mol. The largest absolute Gasteiger partial charge is 0.462 e. The van der Waals surface area contributed by atoms with Crippen molar-refractivity contribution in [1.29, 1.82) is 0 Å². The molecule has 0 aliphatic heterocycles. The Kier molecular flexibility index (Phi) is 8.77. The van der Waals surface area contributed by atoms with E-state index in [0.717, 1.165) is 12.1 Å². The predicted octanol–water partition coefficient (Wildman–Crippen LogP) is 3.88. The maximum absolute atomic E-state index is 12.8. The number of amides is 2. The summed E-state index contributed by atoms with van der Waals surface area (Å²) in [5.74, 6) is -3.53. The van der Waals surface area contributed by atoms with E-state index in [0.29, 0.717) is 22.7 Å². The van der Waals surface area contributed by atoms with E-state index < -0.39 is 43.6 Å². The van der Waals surface area contributed by atoms with E-state index in [1.807, 2.05) is 0 Å². The molecule has 3 aromatic heterocycles. The molecule has 0 saturated carbocycles. The van der Waals surface area contributed by atoms with Crippen molar-refractivity contribution >= 4 is 66.4 Å². The van der Waals surface area contributed by atoms with Crippen LogP contribution in [0, 0.1) is 20.2 Å². The molecule has 0 radical (unpaired) electrons. The predicted molar refractivity (Wildman–Crippen MR) is 134 cm³/mol. The zero-order chi connectivity index (χ0) is 28.0. The van der Waals surface area contributed by atoms with Crippen LogP contribution in [0.3, 0.4) is 0 Å². The first-order valence-corrected chi connectivity index (χ1v) is 12.2. The van der Waals surface area contributed by atoms with Gasteiger partial charge in [0.1, 0.15) is 32.5 Å². The number of nitrogens with one attached hydrogen (secondary N) is 2. The lowest BCUT2D eigenvalue weighted by atomic mass is 10.2. The molecular weight excluding hydrogens is 546 g/mol. The fraction of sp³-hybridized carbons (Fsp3) is 0.190. The third kappa shape index (κ3) is 6.31. The molecule has 2 N–H and O–H groups in total. The Morgan fingerprint density at radius 3 is 1.55 bits per heavy atom. The second-order valence-electron chi connectivity index (χ2n) is 6.93.